The Bertz CT molecular complexity index is 1250. The van der Waals surface area contributed by atoms with Crippen LogP contribution in [0.1, 0.15) is 21.0 Å². The van der Waals surface area contributed by atoms with Crippen LogP contribution in [0.4, 0.5) is 13.8 Å². The van der Waals surface area contributed by atoms with E-state index < -0.39 is 28.5 Å². The molecule has 0 fully saturated rings. The highest BCUT2D eigenvalue weighted by molar-refractivity contribution is 7.15. The van der Waals surface area contributed by atoms with E-state index in [0.29, 0.717) is 11.1 Å². The number of carboxylic acids is 1. The molecule has 2 aromatic heterocycles. The Morgan fingerprint density at radius 1 is 1.10 bits per heavy atom. The van der Waals surface area contributed by atoms with Crippen LogP contribution in [0.3, 0.4) is 0 Å². The minimum Gasteiger partial charge on any atom is -0.478 e. The van der Waals surface area contributed by atoms with E-state index in [1.165, 1.54) is 11.4 Å². The van der Waals surface area contributed by atoms with E-state index in [1.54, 1.807) is 24.3 Å². The predicted octanol–water partition coefficient (Wildman–Crippen LogP) is 5.44. The third-order valence-corrected chi connectivity index (χ3v) is 5.23. The number of fused-ring (bicyclic) bond motifs is 1. The molecular weight excluding hydrogens is 426 g/mol. The molecule has 0 atom stereocenters. The Morgan fingerprint density at radius 3 is 2.59 bits per heavy atom. The molecular formula is C19H9ClF2N2O4S. The van der Waals surface area contributed by atoms with Gasteiger partial charge in [0.1, 0.15) is 16.1 Å². The van der Waals surface area contributed by atoms with Gasteiger partial charge < -0.3 is 14.8 Å². The summed E-state index contributed by atoms with van der Waals surface area (Å²) in [6.45, 7) is 0. The van der Waals surface area contributed by atoms with E-state index in [-0.39, 0.29) is 27.6 Å². The van der Waals surface area contributed by atoms with Crippen LogP contribution in [-0.4, -0.2) is 22.0 Å². The van der Waals surface area contributed by atoms with Crippen molar-refractivity contribution in [2.45, 2.75) is 0 Å². The molecule has 0 unspecified atom stereocenters. The van der Waals surface area contributed by atoms with Crippen LogP contribution in [0.2, 0.25) is 5.02 Å². The van der Waals surface area contributed by atoms with Gasteiger partial charge in [-0.05, 0) is 24.3 Å². The Morgan fingerprint density at radius 2 is 1.86 bits per heavy atom. The van der Waals surface area contributed by atoms with Gasteiger partial charge >= 0.3 is 11.9 Å². The molecule has 2 heterocycles. The number of rotatable bonds is 4. The molecule has 0 bridgehead atoms. The number of aromatic carboxylic acids is 1. The highest BCUT2D eigenvalue weighted by Crippen LogP contribution is 2.38. The number of carboxylic acid groups (broad SMARTS) is 1. The zero-order valence-electron chi connectivity index (χ0n) is 14.2. The summed E-state index contributed by atoms with van der Waals surface area (Å²) in [5.41, 5.74) is 0.0785. The molecule has 2 aromatic carbocycles. The van der Waals surface area contributed by atoms with E-state index in [2.05, 4.69) is 10.3 Å². The zero-order valence-corrected chi connectivity index (χ0v) is 15.8. The number of amides is 1. The zero-order chi connectivity index (χ0) is 20.7. The summed E-state index contributed by atoms with van der Waals surface area (Å²) in [6.07, 6.45) is 0. The normalized spacial score (nSPS) is 11.0. The fraction of sp³-hybridized carbons (Fsp3) is 0. The van der Waals surface area contributed by atoms with Gasteiger partial charge in [-0.25, -0.2) is 18.6 Å². The number of nitrogens with one attached hydrogen (secondary N) is 1. The molecule has 1 amide bonds. The first-order valence-corrected chi connectivity index (χ1v) is 9.28. The van der Waals surface area contributed by atoms with Crippen LogP contribution in [0, 0.1) is 11.6 Å². The lowest BCUT2D eigenvalue weighted by Gasteiger charge is -2.07. The number of nitrogens with zero attached hydrogens (tertiary/aromatic N) is 1. The lowest BCUT2D eigenvalue weighted by Crippen LogP contribution is -2.14. The Balaban J connectivity index is 1.73. The molecule has 4 aromatic rings. The number of aromatic nitrogens is 1. The van der Waals surface area contributed by atoms with E-state index in [1.807, 2.05) is 0 Å². The largest absolute Gasteiger partial charge is 0.478 e. The predicted molar refractivity (Wildman–Crippen MR) is 104 cm³/mol. The average Bonchev–Trinajstić information content (AvgIpc) is 3.30. The molecule has 10 heteroatoms. The minimum absolute atomic E-state index is 0.0745. The van der Waals surface area contributed by atoms with Crippen LogP contribution in [0.15, 0.2) is 46.2 Å². The summed E-state index contributed by atoms with van der Waals surface area (Å²) in [5.74, 6) is -5.04. The van der Waals surface area contributed by atoms with Gasteiger partial charge in [0.05, 0.1) is 5.02 Å². The first-order valence-electron chi connectivity index (χ1n) is 8.02. The number of para-hydroxylation sites is 2. The van der Waals surface area contributed by atoms with Gasteiger partial charge in [0.15, 0.2) is 17.2 Å². The van der Waals surface area contributed by atoms with Crippen molar-refractivity contribution >= 4 is 50.9 Å². The van der Waals surface area contributed by atoms with Gasteiger partial charge in [-0.1, -0.05) is 23.7 Å². The summed E-state index contributed by atoms with van der Waals surface area (Å²) >= 11 is 6.39. The van der Waals surface area contributed by atoms with Crippen LogP contribution in [0.5, 0.6) is 0 Å². The highest BCUT2D eigenvalue weighted by atomic mass is 35.5. The van der Waals surface area contributed by atoms with Crippen molar-refractivity contribution in [2.75, 3.05) is 5.32 Å². The van der Waals surface area contributed by atoms with E-state index in [9.17, 15) is 23.5 Å². The van der Waals surface area contributed by atoms with Crippen LogP contribution in [0.25, 0.3) is 22.2 Å². The SMILES string of the molecule is O=C(Nc1scc(-c2ccc(Cl)c(F)c2F)c1C(=O)O)c1nc2ccccc2o1. The number of anilines is 1. The van der Waals surface area contributed by atoms with Crippen LogP contribution in [-0.2, 0) is 0 Å². The van der Waals surface area contributed by atoms with Crippen molar-refractivity contribution in [2.24, 2.45) is 0 Å². The molecule has 6 nitrogen and oxygen atoms in total. The summed E-state index contributed by atoms with van der Waals surface area (Å²) in [4.78, 5) is 28.3. The monoisotopic (exact) mass is 434 g/mol. The Labute approximate surface area is 170 Å². The summed E-state index contributed by atoms with van der Waals surface area (Å²) in [5, 5.41) is 12.8. The van der Waals surface area contributed by atoms with E-state index in [4.69, 9.17) is 16.0 Å². The lowest BCUT2D eigenvalue weighted by molar-refractivity contribution is 0.0699. The second-order valence-corrected chi connectivity index (χ2v) is 7.11. The topological polar surface area (TPSA) is 92.4 Å². The van der Waals surface area contributed by atoms with Gasteiger partial charge in [-0.3, -0.25) is 4.79 Å². The van der Waals surface area contributed by atoms with Crippen LogP contribution < -0.4 is 5.32 Å². The average molecular weight is 435 g/mol. The second-order valence-electron chi connectivity index (χ2n) is 5.82. The molecule has 146 valence electrons. The third-order valence-electron chi connectivity index (χ3n) is 4.05. The molecule has 2 N–H and O–H groups in total. The number of hydrogen-bond acceptors (Lipinski definition) is 5. The summed E-state index contributed by atoms with van der Waals surface area (Å²) in [6, 6.07) is 9.00. The van der Waals surface area contributed by atoms with Crippen molar-refractivity contribution in [1.29, 1.82) is 0 Å². The third kappa shape index (κ3) is 3.34. The fourth-order valence-corrected chi connectivity index (χ4v) is 3.81. The van der Waals surface area contributed by atoms with Crippen molar-refractivity contribution in [3.8, 4) is 11.1 Å². The minimum atomic E-state index is -1.43. The first-order chi connectivity index (χ1) is 13.9. The number of hydrogen-bond donors (Lipinski definition) is 2. The van der Waals surface area contributed by atoms with Crippen molar-refractivity contribution in [1.82, 2.24) is 4.98 Å². The quantitative estimate of drug-likeness (QED) is 0.417. The second kappa shape index (κ2) is 7.26. The first kappa shape index (κ1) is 19.0. The summed E-state index contributed by atoms with van der Waals surface area (Å²) in [7, 11) is 0. The number of benzene rings is 2. The highest BCUT2D eigenvalue weighted by Gasteiger charge is 2.26. The molecule has 0 aliphatic carbocycles. The van der Waals surface area contributed by atoms with E-state index >= 15 is 0 Å². The lowest BCUT2D eigenvalue weighted by atomic mass is 10.0. The Hall–Kier alpha value is -3.30. The number of halogens is 3. The maximum Gasteiger partial charge on any atom is 0.339 e. The van der Waals surface area contributed by atoms with Gasteiger partial charge in [0, 0.05) is 16.5 Å². The Kier molecular flexibility index (Phi) is 4.77. The number of carbonyl (C=O) groups excluding carboxylic acids is 1. The van der Waals surface area contributed by atoms with Crippen molar-refractivity contribution in [3.05, 3.63) is 69.9 Å². The molecule has 0 saturated carbocycles. The van der Waals surface area contributed by atoms with Crippen molar-refractivity contribution < 1.29 is 27.9 Å². The van der Waals surface area contributed by atoms with Crippen LogP contribution >= 0.6 is 22.9 Å². The van der Waals surface area contributed by atoms with Gasteiger partial charge in [0.2, 0.25) is 0 Å². The molecule has 29 heavy (non-hydrogen) atoms. The van der Waals surface area contributed by atoms with Crippen molar-refractivity contribution in [3.63, 3.8) is 0 Å². The molecule has 0 radical (unpaired) electrons. The number of thiophene rings is 1. The molecule has 0 saturated heterocycles. The molecule has 0 spiro atoms. The molecule has 0 aliphatic heterocycles. The number of carbonyl (C=O) groups is 2. The fourth-order valence-electron chi connectivity index (χ4n) is 2.72. The smallest absolute Gasteiger partial charge is 0.339 e. The van der Waals surface area contributed by atoms with Gasteiger partial charge in [0.25, 0.3) is 5.89 Å². The maximum atomic E-state index is 14.3. The van der Waals surface area contributed by atoms with E-state index in [0.717, 1.165) is 17.4 Å². The van der Waals surface area contributed by atoms with Gasteiger partial charge in [-0.15, -0.1) is 11.3 Å². The molecule has 4 rings (SSSR count). The van der Waals surface area contributed by atoms with Gasteiger partial charge in [-0.2, -0.15) is 0 Å². The standard InChI is InChI=1S/C19H9ClF2N2O4S/c20-10-6-5-8(14(21)15(10)22)9-7-29-18(13(9)19(26)27)24-16(25)17-23-11-3-1-2-4-12(11)28-17/h1-7H,(H,24,25)(H,26,27). The molecule has 0 aliphatic rings. The maximum absolute atomic E-state index is 14.3. The summed E-state index contributed by atoms with van der Waals surface area (Å²) < 4.78 is 33.4. The number of oxazole rings is 1.